The van der Waals surface area contributed by atoms with E-state index < -0.39 is 0 Å². The summed E-state index contributed by atoms with van der Waals surface area (Å²) in [5.41, 5.74) is 3.09. The van der Waals surface area contributed by atoms with Crippen molar-refractivity contribution in [3.05, 3.63) is 95.8 Å². The number of hydrogen-bond donors (Lipinski definition) is 0. The van der Waals surface area contributed by atoms with Crippen LogP contribution in [0.1, 0.15) is 15.9 Å². The Morgan fingerprint density at radius 1 is 0.920 bits per heavy atom. The molecule has 2 nitrogen and oxygen atoms in total. The lowest BCUT2D eigenvalue weighted by Gasteiger charge is -2.07. The lowest BCUT2D eigenvalue weighted by Crippen LogP contribution is -1.97. The first kappa shape index (κ1) is 16.7. The first-order valence-electron chi connectivity index (χ1n) is 7.89. The number of carbonyl (C=O) groups excluding carboxylic acids is 1. The minimum atomic E-state index is -0.299. The Bertz CT molecular complexity index is 894. The molecule has 0 saturated carbocycles. The van der Waals surface area contributed by atoms with E-state index in [1.807, 2.05) is 42.5 Å². The molecule has 0 heterocycles. The van der Waals surface area contributed by atoms with Gasteiger partial charge in [0.25, 0.3) is 0 Å². The summed E-state index contributed by atoms with van der Waals surface area (Å²) < 4.78 is 18.3. The van der Waals surface area contributed by atoms with E-state index in [4.69, 9.17) is 4.74 Å². The highest BCUT2D eigenvalue weighted by molar-refractivity contribution is 6.10. The Labute approximate surface area is 146 Å². The third kappa shape index (κ3) is 4.01. The van der Waals surface area contributed by atoms with Gasteiger partial charge in [0.2, 0.25) is 0 Å². The van der Waals surface area contributed by atoms with Crippen LogP contribution in [0.15, 0.2) is 78.9 Å². The van der Waals surface area contributed by atoms with Gasteiger partial charge in [0.05, 0.1) is 7.11 Å². The standard InChI is InChI=1S/C22H17FO2/c1-25-19-13-6-16(7-14-19)8-15-22(24)21-5-3-2-4-20(21)17-9-11-18(23)12-10-17/h2-15H,1H3/b15-8+. The van der Waals surface area contributed by atoms with Crippen LogP contribution in [0.3, 0.4) is 0 Å². The molecule has 0 atom stereocenters. The van der Waals surface area contributed by atoms with Gasteiger partial charge in [-0.2, -0.15) is 0 Å². The minimum absolute atomic E-state index is 0.101. The van der Waals surface area contributed by atoms with Gasteiger partial charge in [0.1, 0.15) is 11.6 Å². The van der Waals surface area contributed by atoms with Gasteiger partial charge in [-0.05, 0) is 47.0 Å². The number of benzene rings is 3. The van der Waals surface area contributed by atoms with Crippen molar-refractivity contribution in [1.82, 2.24) is 0 Å². The smallest absolute Gasteiger partial charge is 0.186 e. The fourth-order valence-corrected chi connectivity index (χ4v) is 2.56. The molecule has 0 aliphatic heterocycles. The molecule has 0 aliphatic rings. The van der Waals surface area contributed by atoms with Crippen molar-refractivity contribution in [1.29, 1.82) is 0 Å². The number of methoxy groups -OCH3 is 1. The van der Waals surface area contributed by atoms with Crippen LogP contribution in [0.2, 0.25) is 0 Å². The third-order valence-electron chi connectivity index (χ3n) is 3.89. The highest BCUT2D eigenvalue weighted by Crippen LogP contribution is 2.25. The molecule has 0 unspecified atom stereocenters. The molecule has 0 amide bonds. The highest BCUT2D eigenvalue weighted by Gasteiger charge is 2.10. The van der Waals surface area contributed by atoms with E-state index in [9.17, 15) is 9.18 Å². The largest absolute Gasteiger partial charge is 0.497 e. The molecule has 0 saturated heterocycles. The van der Waals surface area contributed by atoms with Crippen LogP contribution in [0.4, 0.5) is 4.39 Å². The molecule has 0 radical (unpaired) electrons. The Morgan fingerprint density at radius 2 is 1.60 bits per heavy atom. The highest BCUT2D eigenvalue weighted by atomic mass is 19.1. The zero-order valence-corrected chi connectivity index (χ0v) is 13.8. The monoisotopic (exact) mass is 332 g/mol. The number of allylic oxidation sites excluding steroid dienone is 1. The molecule has 0 aliphatic carbocycles. The maximum Gasteiger partial charge on any atom is 0.186 e. The van der Waals surface area contributed by atoms with Gasteiger partial charge in [-0.15, -0.1) is 0 Å². The molecule has 3 aromatic rings. The van der Waals surface area contributed by atoms with E-state index >= 15 is 0 Å². The average molecular weight is 332 g/mol. The minimum Gasteiger partial charge on any atom is -0.497 e. The van der Waals surface area contributed by atoms with Gasteiger partial charge >= 0.3 is 0 Å². The molecule has 0 bridgehead atoms. The van der Waals surface area contributed by atoms with E-state index in [2.05, 4.69) is 0 Å². The van der Waals surface area contributed by atoms with Gasteiger partial charge < -0.3 is 4.74 Å². The Kier molecular flexibility index (Phi) is 5.05. The second-order valence-corrected chi connectivity index (χ2v) is 5.52. The number of ether oxygens (including phenoxy) is 1. The van der Waals surface area contributed by atoms with Gasteiger partial charge in [-0.3, -0.25) is 4.79 Å². The molecular weight excluding hydrogens is 315 g/mol. The van der Waals surface area contributed by atoms with Crippen LogP contribution in [0.25, 0.3) is 17.2 Å². The van der Waals surface area contributed by atoms with Crippen molar-refractivity contribution < 1.29 is 13.9 Å². The van der Waals surface area contributed by atoms with Gasteiger partial charge in [0.15, 0.2) is 5.78 Å². The zero-order valence-electron chi connectivity index (χ0n) is 13.8. The molecule has 124 valence electrons. The SMILES string of the molecule is COc1ccc(/C=C/C(=O)c2ccccc2-c2ccc(F)cc2)cc1. The number of halogens is 1. The number of hydrogen-bond acceptors (Lipinski definition) is 2. The van der Waals surface area contributed by atoms with Gasteiger partial charge in [-0.25, -0.2) is 4.39 Å². The summed E-state index contributed by atoms with van der Waals surface area (Å²) in [6, 6.07) is 20.9. The quantitative estimate of drug-likeness (QED) is 0.462. The van der Waals surface area contributed by atoms with E-state index in [0.717, 1.165) is 22.4 Å². The fourth-order valence-electron chi connectivity index (χ4n) is 2.56. The predicted molar refractivity (Wildman–Crippen MR) is 98.2 cm³/mol. The van der Waals surface area contributed by atoms with Crippen molar-refractivity contribution in [2.24, 2.45) is 0 Å². The van der Waals surface area contributed by atoms with Gasteiger partial charge in [0, 0.05) is 5.56 Å². The first-order chi connectivity index (χ1) is 12.2. The Balaban J connectivity index is 1.87. The topological polar surface area (TPSA) is 26.3 Å². The molecule has 0 aromatic heterocycles. The van der Waals surface area contributed by atoms with Crippen molar-refractivity contribution in [3.63, 3.8) is 0 Å². The predicted octanol–water partition coefficient (Wildman–Crippen LogP) is 5.40. The lowest BCUT2D eigenvalue weighted by atomic mass is 9.96. The average Bonchev–Trinajstić information content (AvgIpc) is 2.67. The molecule has 3 heteroatoms. The fraction of sp³-hybridized carbons (Fsp3) is 0.0455. The zero-order chi connectivity index (χ0) is 17.6. The van der Waals surface area contributed by atoms with E-state index in [0.29, 0.717) is 5.56 Å². The van der Waals surface area contributed by atoms with E-state index in [1.165, 1.54) is 12.1 Å². The van der Waals surface area contributed by atoms with Crippen LogP contribution in [-0.2, 0) is 0 Å². The molecule has 0 spiro atoms. The molecule has 0 fully saturated rings. The van der Waals surface area contributed by atoms with Crippen LogP contribution in [-0.4, -0.2) is 12.9 Å². The van der Waals surface area contributed by atoms with Gasteiger partial charge in [-0.1, -0.05) is 54.6 Å². The molecule has 0 N–H and O–H groups in total. The molecular formula is C22H17FO2. The number of ketones is 1. The Hall–Kier alpha value is -3.20. The summed E-state index contributed by atoms with van der Waals surface area (Å²) in [7, 11) is 1.61. The summed E-state index contributed by atoms with van der Waals surface area (Å²) in [5, 5.41) is 0. The molecule has 3 aromatic carbocycles. The summed E-state index contributed by atoms with van der Waals surface area (Å²) >= 11 is 0. The summed E-state index contributed by atoms with van der Waals surface area (Å²) in [6.07, 6.45) is 3.31. The van der Waals surface area contributed by atoms with Crippen molar-refractivity contribution in [3.8, 4) is 16.9 Å². The second kappa shape index (κ2) is 7.58. The van der Waals surface area contributed by atoms with Crippen LogP contribution < -0.4 is 4.74 Å². The maximum atomic E-state index is 13.1. The number of carbonyl (C=O) groups is 1. The second-order valence-electron chi connectivity index (χ2n) is 5.52. The summed E-state index contributed by atoms with van der Waals surface area (Å²) in [6.45, 7) is 0. The summed E-state index contributed by atoms with van der Waals surface area (Å²) in [5.74, 6) is 0.368. The van der Waals surface area contributed by atoms with E-state index in [-0.39, 0.29) is 11.6 Å². The van der Waals surface area contributed by atoms with Crippen molar-refractivity contribution >= 4 is 11.9 Å². The van der Waals surface area contributed by atoms with Crippen LogP contribution >= 0.6 is 0 Å². The number of rotatable bonds is 5. The molecule has 25 heavy (non-hydrogen) atoms. The van der Waals surface area contributed by atoms with Crippen LogP contribution in [0, 0.1) is 5.82 Å². The lowest BCUT2D eigenvalue weighted by molar-refractivity contribution is 0.104. The normalized spacial score (nSPS) is 10.8. The van der Waals surface area contributed by atoms with Crippen molar-refractivity contribution in [2.45, 2.75) is 0 Å². The van der Waals surface area contributed by atoms with Crippen LogP contribution in [0.5, 0.6) is 5.75 Å². The first-order valence-corrected chi connectivity index (χ1v) is 7.89. The molecule has 3 rings (SSSR count). The Morgan fingerprint density at radius 3 is 2.28 bits per heavy atom. The third-order valence-corrected chi connectivity index (χ3v) is 3.89. The summed E-state index contributed by atoms with van der Waals surface area (Å²) in [4.78, 5) is 12.6. The maximum absolute atomic E-state index is 13.1. The van der Waals surface area contributed by atoms with Crippen molar-refractivity contribution in [2.75, 3.05) is 7.11 Å². The van der Waals surface area contributed by atoms with E-state index in [1.54, 1.807) is 37.5 Å².